The van der Waals surface area contributed by atoms with Gasteiger partial charge >= 0.3 is 5.91 Å². The summed E-state index contributed by atoms with van der Waals surface area (Å²) in [4.78, 5) is 27.9. The number of Topliss-reactive ketones (excluding diaryl/α,β-unsaturated/α-hetero) is 1. The number of ketones is 1. The number of aromatic nitrogens is 2. The van der Waals surface area contributed by atoms with E-state index in [1.807, 2.05) is 24.3 Å². The molecule has 0 aliphatic carbocycles. The predicted octanol–water partition coefficient (Wildman–Crippen LogP) is 7.53. The van der Waals surface area contributed by atoms with Crippen LogP contribution in [0.5, 0.6) is 0 Å². The molecule has 0 radical (unpaired) electrons. The third kappa shape index (κ3) is 5.32. The lowest BCUT2D eigenvalue weighted by Crippen LogP contribution is -2.29. The van der Waals surface area contributed by atoms with E-state index in [4.69, 9.17) is 23.2 Å². The van der Waals surface area contributed by atoms with Crippen LogP contribution in [0, 0.1) is 0 Å². The fourth-order valence-corrected chi connectivity index (χ4v) is 6.41. The van der Waals surface area contributed by atoms with E-state index in [-0.39, 0.29) is 16.5 Å². The molecular weight excluding hydrogens is 617 g/mol. The minimum Gasteiger partial charge on any atom is -0.507 e. The van der Waals surface area contributed by atoms with Gasteiger partial charge in [-0.2, -0.15) is 0 Å². The second-order valence-electron chi connectivity index (χ2n) is 7.96. The van der Waals surface area contributed by atoms with Crippen LogP contribution in [0.15, 0.2) is 87.2 Å². The molecule has 1 fully saturated rings. The molecule has 1 saturated heterocycles. The Bertz CT molecular complexity index is 1520. The zero-order valence-corrected chi connectivity index (χ0v) is 23.5. The molecule has 1 N–H and O–H groups in total. The molecular formula is C26H16BrCl2N3O3S2. The highest BCUT2D eigenvalue weighted by molar-refractivity contribution is 9.10. The monoisotopic (exact) mass is 631 g/mol. The molecule has 1 aromatic heterocycles. The zero-order chi connectivity index (χ0) is 26.1. The van der Waals surface area contributed by atoms with E-state index < -0.39 is 17.7 Å². The van der Waals surface area contributed by atoms with Gasteiger partial charge in [0.2, 0.25) is 5.13 Å². The number of hydrogen-bond donors (Lipinski definition) is 1. The number of anilines is 1. The van der Waals surface area contributed by atoms with E-state index in [1.54, 1.807) is 48.5 Å². The first-order chi connectivity index (χ1) is 17.8. The molecule has 0 bridgehead atoms. The van der Waals surface area contributed by atoms with Crippen LogP contribution < -0.4 is 4.90 Å². The Morgan fingerprint density at radius 1 is 1.00 bits per heavy atom. The standard InChI is InChI=1S/C26H16BrCl2N3O3S2/c27-17-9-5-15(6-10-17)22(33)20-21(14-7-11-18(28)12-8-14)32(24(35)23(20)34)25-30-31-26(37-25)36-13-16-3-1-2-4-19(16)29/h1-12,21,33H,13H2/b22-20-. The van der Waals surface area contributed by atoms with E-state index in [2.05, 4.69) is 26.1 Å². The first kappa shape index (κ1) is 25.9. The second kappa shape index (κ2) is 11.0. The molecule has 0 saturated carbocycles. The lowest BCUT2D eigenvalue weighted by Gasteiger charge is -2.22. The van der Waals surface area contributed by atoms with Gasteiger partial charge < -0.3 is 5.11 Å². The number of hydrogen-bond acceptors (Lipinski definition) is 7. The molecule has 2 heterocycles. The summed E-state index contributed by atoms with van der Waals surface area (Å²) in [5.74, 6) is -1.30. The number of halogens is 3. The summed E-state index contributed by atoms with van der Waals surface area (Å²) in [6, 6.07) is 20.2. The quantitative estimate of drug-likeness (QED) is 0.0778. The lowest BCUT2D eigenvalue weighted by atomic mass is 9.95. The Kier molecular flexibility index (Phi) is 7.69. The van der Waals surface area contributed by atoms with Crippen molar-refractivity contribution >= 4 is 84.8 Å². The van der Waals surface area contributed by atoms with Crippen molar-refractivity contribution in [1.29, 1.82) is 0 Å². The van der Waals surface area contributed by atoms with Crippen LogP contribution in [-0.2, 0) is 15.3 Å². The average Bonchev–Trinajstić information content (AvgIpc) is 3.46. The van der Waals surface area contributed by atoms with Gasteiger partial charge in [0.05, 0.1) is 11.6 Å². The van der Waals surface area contributed by atoms with E-state index in [0.717, 1.165) is 10.0 Å². The number of amides is 1. The number of aliphatic hydroxyl groups is 1. The Morgan fingerprint density at radius 3 is 2.41 bits per heavy atom. The molecule has 1 amide bonds. The second-order valence-corrected chi connectivity index (χ2v) is 11.9. The predicted molar refractivity (Wildman–Crippen MR) is 151 cm³/mol. The van der Waals surface area contributed by atoms with Gasteiger partial charge in [-0.25, -0.2) is 0 Å². The molecule has 5 rings (SSSR count). The Labute approximate surface area is 239 Å². The lowest BCUT2D eigenvalue weighted by molar-refractivity contribution is -0.132. The number of carbonyl (C=O) groups excluding carboxylic acids is 2. The number of benzene rings is 3. The smallest absolute Gasteiger partial charge is 0.301 e. The van der Waals surface area contributed by atoms with Crippen LogP contribution in [0.25, 0.3) is 5.76 Å². The third-order valence-corrected chi connectivity index (χ3v) is 8.91. The van der Waals surface area contributed by atoms with Crippen LogP contribution in [0.3, 0.4) is 0 Å². The first-order valence-electron chi connectivity index (χ1n) is 10.9. The molecule has 186 valence electrons. The molecule has 0 spiro atoms. The van der Waals surface area contributed by atoms with E-state index in [9.17, 15) is 14.7 Å². The van der Waals surface area contributed by atoms with E-state index in [1.165, 1.54) is 28.0 Å². The Morgan fingerprint density at radius 2 is 1.70 bits per heavy atom. The van der Waals surface area contributed by atoms with Crippen molar-refractivity contribution in [2.75, 3.05) is 4.90 Å². The van der Waals surface area contributed by atoms with Crippen LogP contribution in [-0.4, -0.2) is 27.0 Å². The fraction of sp³-hybridized carbons (Fsp3) is 0.0769. The molecule has 1 atom stereocenters. The summed E-state index contributed by atoms with van der Waals surface area (Å²) in [5.41, 5.74) is 1.92. The minimum absolute atomic E-state index is 0.0323. The number of nitrogens with zero attached hydrogens (tertiary/aromatic N) is 3. The molecule has 11 heteroatoms. The normalized spacial score (nSPS) is 16.9. The van der Waals surface area contributed by atoms with Gasteiger partial charge in [0.25, 0.3) is 5.78 Å². The Balaban J connectivity index is 1.54. The Hall–Kier alpha value is -2.69. The fourth-order valence-electron chi connectivity index (χ4n) is 3.87. The zero-order valence-electron chi connectivity index (χ0n) is 18.8. The van der Waals surface area contributed by atoms with Crippen molar-refractivity contribution in [1.82, 2.24) is 10.2 Å². The SMILES string of the molecule is O=C1C(=O)N(c2nnc(SCc3ccccc3Cl)s2)C(c2ccc(Cl)cc2)/C1=C(/O)c1ccc(Br)cc1. The largest absolute Gasteiger partial charge is 0.507 e. The van der Waals surface area contributed by atoms with Crippen LogP contribution >= 0.6 is 62.2 Å². The van der Waals surface area contributed by atoms with Crippen molar-refractivity contribution in [2.24, 2.45) is 0 Å². The summed E-state index contributed by atoms with van der Waals surface area (Å²) in [6.07, 6.45) is 0. The maximum atomic E-state index is 13.3. The average molecular weight is 633 g/mol. The van der Waals surface area contributed by atoms with Crippen LogP contribution in [0.4, 0.5) is 5.13 Å². The van der Waals surface area contributed by atoms with Crippen molar-refractivity contribution in [3.8, 4) is 0 Å². The summed E-state index contributed by atoms with van der Waals surface area (Å²) >= 11 is 18.3. The van der Waals surface area contributed by atoms with Gasteiger partial charge in [-0.1, -0.05) is 105 Å². The topological polar surface area (TPSA) is 83.4 Å². The van der Waals surface area contributed by atoms with Crippen LogP contribution in [0.2, 0.25) is 10.0 Å². The van der Waals surface area contributed by atoms with Crippen molar-refractivity contribution in [2.45, 2.75) is 16.1 Å². The van der Waals surface area contributed by atoms with Gasteiger partial charge in [0.15, 0.2) is 4.34 Å². The number of carbonyl (C=O) groups is 2. The van der Waals surface area contributed by atoms with Gasteiger partial charge in [-0.05, 0) is 41.5 Å². The van der Waals surface area contributed by atoms with Gasteiger partial charge in [-0.15, -0.1) is 10.2 Å². The molecule has 6 nitrogen and oxygen atoms in total. The molecule has 3 aromatic carbocycles. The highest BCUT2D eigenvalue weighted by Gasteiger charge is 2.48. The van der Waals surface area contributed by atoms with Gasteiger partial charge in [0.1, 0.15) is 5.76 Å². The summed E-state index contributed by atoms with van der Waals surface area (Å²) in [5, 5.41) is 21.0. The minimum atomic E-state index is -0.907. The molecule has 1 aliphatic heterocycles. The number of rotatable bonds is 6. The summed E-state index contributed by atoms with van der Waals surface area (Å²) < 4.78 is 1.43. The maximum absolute atomic E-state index is 13.3. The van der Waals surface area contributed by atoms with E-state index >= 15 is 0 Å². The summed E-state index contributed by atoms with van der Waals surface area (Å²) in [6.45, 7) is 0. The van der Waals surface area contributed by atoms with Gasteiger partial charge in [-0.3, -0.25) is 14.5 Å². The van der Waals surface area contributed by atoms with Crippen molar-refractivity contribution in [3.05, 3.63) is 110 Å². The highest BCUT2D eigenvalue weighted by atomic mass is 79.9. The molecule has 1 aliphatic rings. The van der Waals surface area contributed by atoms with Crippen LogP contribution in [0.1, 0.15) is 22.7 Å². The van der Waals surface area contributed by atoms with Crippen molar-refractivity contribution < 1.29 is 14.7 Å². The highest BCUT2D eigenvalue weighted by Crippen LogP contribution is 2.44. The first-order valence-corrected chi connectivity index (χ1v) is 14.2. The molecule has 37 heavy (non-hydrogen) atoms. The van der Waals surface area contributed by atoms with Gasteiger partial charge in [0, 0.05) is 25.8 Å². The molecule has 4 aromatic rings. The third-order valence-electron chi connectivity index (χ3n) is 5.66. The number of aliphatic hydroxyl groups excluding tert-OH is 1. The molecule has 1 unspecified atom stereocenters. The van der Waals surface area contributed by atoms with Crippen molar-refractivity contribution in [3.63, 3.8) is 0 Å². The maximum Gasteiger partial charge on any atom is 0.301 e. The van der Waals surface area contributed by atoms with E-state index in [0.29, 0.717) is 31.3 Å². The number of thioether (sulfide) groups is 1. The summed E-state index contributed by atoms with van der Waals surface area (Å²) in [7, 11) is 0.